The predicted octanol–water partition coefficient (Wildman–Crippen LogP) is 2.73. The van der Waals surface area contributed by atoms with Gasteiger partial charge in [-0.1, -0.05) is 24.3 Å². The molecule has 1 rings (SSSR count). The van der Waals surface area contributed by atoms with E-state index in [2.05, 4.69) is 6.58 Å². The molecule has 0 aliphatic rings. The molecule has 4 nitrogen and oxygen atoms in total. The fraction of sp³-hybridized carbons (Fsp3) is 0.267. The van der Waals surface area contributed by atoms with E-state index in [1.807, 2.05) is 6.08 Å². The second-order valence-corrected chi connectivity index (χ2v) is 4.08. The van der Waals surface area contributed by atoms with Gasteiger partial charge in [-0.2, -0.15) is 0 Å². The number of aliphatic hydroxyl groups is 1. The molecule has 0 bridgehead atoms. The Hall–Kier alpha value is -2.07. The van der Waals surface area contributed by atoms with Crippen molar-refractivity contribution in [1.29, 1.82) is 0 Å². The van der Waals surface area contributed by atoms with Crippen LogP contribution in [0.1, 0.15) is 28.8 Å². The zero-order valence-electron chi connectivity index (χ0n) is 10.9. The summed E-state index contributed by atoms with van der Waals surface area (Å²) in [4.78, 5) is 11.0. The van der Waals surface area contributed by atoms with E-state index in [1.165, 1.54) is 13.2 Å². The van der Waals surface area contributed by atoms with Gasteiger partial charge >= 0.3 is 5.97 Å². The molecule has 1 unspecified atom stereocenters. The highest BCUT2D eigenvalue weighted by Crippen LogP contribution is 2.20. The summed E-state index contributed by atoms with van der Waals surface area (Å²) in [6.07, 6.45) is 5.83. The van der Waals surface area contributed by atoms with Gasteiger partial charge in [-0.15, -0.1) is 6.58 Å². The van der Waals surface area contributed by atoms with E-state index in [9.17, 15) is 9.90 Å². The van der Waals surface area contributed by atoms with Crippen molar-refractivity contribution in [1.82, 2.24) is 0 Å². The van der Waals surface area contributed by atoms with Gasteiger partial charge < -0.3 is 14.9 Å². The summed E-state index contributed by atoms with van der Waals surface area (Å²) >= 11 is 0. The lowest BCUT2D eigenvalue weighted by Crippen LogP contribution is -2.02. The molecule has 102 valence electrons. The van der Waals surface area contributed by atoms with Crippen LogP contribution in [0.15, 0.2) is 36.9 Å². The highest BCUT2D eigenvalue weighted by molar-refractivity contribution is 5.91. The second kappa shape index (κ2) is 7.38. The Labute approximate surface area is 112 Å². The number of hydrogen-bond acceptors (Lipinski definition) is 3. The fourth-order valence-electron chi connectivity index (χ4n) is 1.65. The van der Waals surface area contributed by atoms with E-state index in [4.69, 9.17) is 9.84 Å². The largest absolute Gasteiger partial charge is 0.496 e. The van der Waals surface area contributed by atoms with E-state index in [-0.39, 0.29) is 5.56 Å². The third kappa shape index (κ3) is 4.60. The van der Waals surface area contributed by atoms with Crippen LogP contribution < -0.4 is 4.74 Å². The number of aliphatic hydroxyl groups excluding tert-OH is 1. The van der Waals surface area contributed by atoms with Crippen LogP contribution in [-0.2, 0) is 0 Å². The monoisotopic (exact) mass is 262 g/mol. The van der Waals surface area contributed by atoms with Gasteiger partial charge in [0, 0.05) is 0 Å². The number of hydrogen-bond donors (Lipinski definition) is 2. The zero-order valence-corrected chi connectivity index (χ0v) is 10.9. The summed E-state index contributed by atoms with van der Waals surface area (Å²) in [6, 6.07) is 4.92. The van der Waals surface area contributed by atoms with Crippen LogP contribution in [-0.4, -0.2) is 29.4 Å². The Kier molecular flexibility index (Phi) is 5.82. The third-order valence-corrected chi connectivity index (χ3v) is 2.61. The molecule has 4 heteroatoms. The van der Waals surface area contributed by atoms with Crippen LogP contribution in [0.4, 0.5) is 0 Å². The first-order valence-corrected chi connectivity index (χ1v) is 5.95. The minimum Gasteiger partial charge on any atom is -0.496 e. The topological polar surface area (TPSA) is 66.8 Å². The molecule has 2 N–H and O–H groups in total. The SMILES string of the molecule is C=CCC(O)CC=Cc1ccc(OC)c(C(=O)O)c1. The third-order valence-electron chi connectivity index (χ3n) is 2.61. The molecule has 0 aromatic heterocycles. The fourth-order valence-corrected chi connectivity index (χ4v) is 1.65. The van der Waals surface area contributed by atoms with Crippen molar-refractivity contribution in [3.05, 3.63) is 48.1 Å². The van der Waals surface area contributed by atoms with Crippen LogP contribution in [0, 0.1) is 0 Å². The van der Waals surface area contributed by atoms with E-state index >= 15 is 0 Å². The van der Waals surface area contributed by atoms with Gasteiger partial charge in [-0.25, -0.2) is 4.79 Å². The first-order chi connectivity index (χ1) is 9.08. The molecule has 0 saturated carbocycles. The van der Waals surface area contributed by atoms with E-state index in [0.717, 1.165) is 5.56 Å². The normalized spacial score (nSPS) is 12.3. The summed E-state index contributed by atoms with van der Waals surface area (Å²) in [6.45, 7) is 3.55. The molecule has 0 saturated heterocycles. The molecule has 19 heavy (non-hydrogen) atoms. The predicted molar refractivity (Wildman–Crippen MR) is 74.4 cm³/mol. The average molecular weight is 262 g/mol. The molecular weight excluding hydrogens is 244 g/mol. The van der Waals surface area contributed by atoms with Crippen LogP contribution in [0.3, 0.4) is 0 Å². The number of carboxylic acid groups (broad SMARTS) is 1. The van der Waals surface area contributed by atoms with Crippen LogP contribution in [0.2, 0.25) is 0 Å². The van der Waals surface area contributed by atoms with Gasteiger partial charge in [0.15, 0.2) is 0 Å². The summed E-state index contributed by atoms with van der Waals surface area (Å²) < 4.78 is 4.98. The lowest BCUT2D eigenvalue weighted by atomic mass is 10.1. The Morgan fingerprint density at radius 1 is 1.47 bits per heavy atom. The Bertz CT molecular complexity index is 477. The number of ether oxygens (including phenoxy) is 1. The number of methoxy groups -OCH3 is 1. The Morgan fingerprint density at radius 2 is 2.21 bits per heavy atom. The van der Waals surface area contributed by atoms with Crippen molar-refractivity contribution in [2.75, 3.05) is 7.11 Å². The van der Waals surface area contributed by atoms with Crippen molar-refractivity contribution in [3.8, 4) is 5.75 Å². The van der Waals surface area contributed by atoms with Gasteiger partial charge in [0.25, 0.3) is 0 Å². The maximum atomic E-state index is 11.0. The molecule has 1 aromatic carbocycles. The minimum absolute atomic E-state index is 0.122. The van der Waals surface area contributed by atoms with Crippen LogP contribution in [0.5, 0.6) is 5.75 Å². The average Bonchev–Trinajstić information content (AvgIpc) is 2.38. The van der Waals surface area contributed by atoms with Crippen molar-refractivity contribution in [2.45, 2.75) is 18.9 Å². The summed E-state index contributed by atoms with van der Waals surface area (Å²) in [5, 5.41) is 18.6. The van der Waals surface area contributed by atoms with Gasteiger partial charge in [0.1, 0.15) is 11.3 Å². The lowest BCUT2D eigenvalue weighted by molar-refractivity contribution is 0.0693. The van der Waals surface area contributed by atoms with Crippen LogP contribution >= 0.6 is 0 Å². The van der Waals surface area contributed by atoms with E-state index < -0.39 is 12.1 Å². The molecule has 0 fully saturated rings. The first kappa shape index (κ1) is 15.0. The number of rotatable bonds is 7. The van der Waals surface area contributed by atoms with Crippen LogP contribution in [0.25, 0.3) is 6.08 Å². The molecule has 0 aliphatic heterocycles. The van der Waals surface area contributed by atoms with Gasteiger partial charge in [-0.3, -0.25) is 0 Å². The van der Waals surface area contributed by atoms with Gasteiger partial charge in [0.05, 0.1) is 13.2 Å². The highest BCUT2D eigenvalue weighted by Gasteiger charge is 2.10. The van der Waals surface area contributed by atoms with E-state index in [1.54, 1.807) is 24.3 Å². The van der Waals surface area contributed by atoms with Crippen molar-refractivity contribution in [2.24, 2.45) is 0 Å². The minimum atomic E-state index is -1.03. The Morgan fingerprint density at radius 3 is 2.79 bits per heavy atom. The molecule has 0 spiro atoms. The number of aromatic carboxylic acids is 1. The summed E-state index contributed by atoms with van der Waals surface area (Å²) in [7, 11) is 1.43. The quantitative estimate of drug-likeness (QED) is 0.741. The summed E-state index contributed by atoms with van der Waals surface area (Å²) in [5.74, 6) is -0.699. The molecule has 0 amide bonds. The lowest BCUT2D eigenvalue weighted by Gasteiger charge is -2.06. The first-order valence-electron chi connectivity index (χ1n) is 5.95. The standard InChI is InChI=1S/C15H18O4/c1-3-5-12(16)7-4-6-11-8-9-14(19-2)13(10-11)15(17)18/h3-4,6,8-10,12,16H,1,5,7H2,2H3,(H,17,18). The van der Waals surface area contributed by atoms with Gasteiger partial charge in [-0.05, 0) is 30.5 Å². The molecule has 0 aliphatic carbocycles. The van der Waals surface area contributed by atoms with E-state index in [0.29, 0.717) is 18.6 Å². The smallest absolute Gasteiger partial charge is 0.339 e. The van der Waals surface area contributed by atoms with Crippen molar-refractivity contribution < 1.29 is 19.7 Å². The maximum Gasteiger partial charge on any atom is 0.339 e. The van der Waals surface area contributed by atoms with Crippen molar-refractivity contribution >= 4 is 12.0 Å². The number of carbonyl (C=O) groups is 1. The number of benzene rings is 1. The number of carboxylic acids is 1. The molecule has 0 heterocycles. The van der Waals surface area contributed by atoms with Crippen molar-refractivity contribution in [3.63, 3.8) is 0 Å². The Balaban J connectivity index is 2.79. The maximum absolute atomic E-state index is 11.0. The molecular formula is C15H18O4. The summed E-state index contributed by atoms with van der Waals surface area (Å²) in [5.41, 5.74) is 0.875. The molecule has 1 atom stereocenters. The van der Waals surface area contributed by atoms with Gasteiger partial charge in [0.2, 0.25) is 0 Å². The highest BCUT2D eigenvalue weighted by atomic mass is 16.5. The molecule has 0 radical (unpaired) electrons. The second-order valence-electron chi connectivity index (χ2n) is 4.08. The molecule has 1 aromatic rings. The zero-order chi connectivity index (χ0) is 14.3.